The van der Waals surface area contributed by atoms with E-state index in [-0.39, 0.29) is 36.5 Å². The third kappa shape index (κ3) is 19.3. The fourth-order valence-corrected chi connectivity index (χ4v) is 2.61. The second-order valence-electron chi connectivity index (χ2n) is 10.7. The van der Waals surface area contributed by atoms with E-state index in [4.69, 9.17) is 31.3 Å². The summed E-state index contributed by atoms with van der Waals surface area (Å²) in [5, 5.41) is 68.6. The molecular weight excluding hydrogens is 488 g/mol. The highest BCUT2D eigenvalue weighted by molar-refractivity contribution is 5.67. The third-order valence-corrected chi connectivity index (χ3v) is 5.45. The minimum absolute atomic E-state index is 0.0389. The van der Waals surface area contributed by atoms with Crippen LogP contribution in [-0.4, -0.2) is 46.3 Å². The Morgan fingerprint density at radius 2 is 0.921 bits per heavy atom. The summed E-state index contributed by atoms with van der Waals surface area (Å²) < 4.78 is 0. The van der Waals surface area contributed by atoms with E-state index in [0.29, 0.717) is 13.1 Å². The fourth-order valence-electron chi connectivity index (χ4n) is 2.61. The molecule has 0 heterocycles. The molecule has 2 N–H and O–H groups in total. The predicted molar refractivity (Wildman–Crippen MR) is 138 cm³/mol. The SMILES string of the molecule is CC(C#N)(CCC(=O)O)N=NC(C)(C#N)CCC(=O)O.CC(C)(C#N)CCCN=NCCCC(C)(C)C#N. The van der Waals surface area contributed by atoms with Crippen molar-refractivity contribution in [2.24, 2.45) is 31.3 Å². The minimum Gasteiger partial charge on any atom is -0.481 e. The molecule has 208 valence electrons. The van der Waals surface area contributed by atoms with Crippen LogP contribution < -0.4 is 0 Å². The molecule has 2 atom stereocenters. The average molecular weight is 529 g/mol. The molecule has 0 saturated carbocycles. The molecule has 0 fully saturated rings. The highest BCUT2D eigenvalue weighted by Crippen LogP contribution is 2.24. The second kappa shape index (κ2) is 17.5. The first-order valence-electron chi connectivity index (χ1n) is 12.4. The Kier molecular flexibility index (Phi) is 16.7. The topological polar surface area (TPSA) is 219 Å². The smallest absolute Gasteiger partial charge is 0.303 e. The zero-order valence-electron chi connectivity index (χ0n) is 23.4. The van der Waals surface area contributed by atoms with Gasteiger partial charge in [-0.25, -0.2) is 0 Å². The van der Waals surface area contributed by atoms with E-state index in [9.17, 15) is 9.59 Å². The summed E-state index contributed by atoms with van der Waals surface area (Å²) in [6.45, 7) is 12.0. The highest BCUT2D eigenvalue weighted by atomic mass is 16.4. The standard InChI is InChI=1S/C14H24N4.C12H16N4O4/c1-13(2,11-15)7-5-9-17-18-10-6-8-14(3,4)12-16;1-11(7-13,5-3-9(17)18)15-16-12(2,8-14)6-4-10(19)20/h5-10H2,1-4H3;3-6H2,1-2H3,(H,17,18)(H,19,20). The largest absolute Gasteiger partial charge is 0.481 e. The van der Waals surface area contributed by atoms with Gasteiger partial charge < -0.3 is 10.2 Å². The van der Waals surface area contributed by atoms with E-state index in [2.05, 4.69) is 32.6 Å². The number of carboxylic acids is 2. The number of carbonyl (C=O) groups is 2. The van der Waals surface area contributed by atoms with Gasteiger partial charge in [0, 0.05) is 12.8 Å². The lowest BCUT2D eigenvalue weighted by atomic mass is 9.90. The predicted octanol–water partition coefficient (Wildman–Crippen LogP) is 5.83. The molecule has 0 rings (SSSR count). The van der Waals surface area contributed by atoms with Crippen molar-refractivity contribution in [1.29, 1.82) is 21.0 Å². The van der Waals surface area contributed by atoms with Crippen LogP contribution in [0.1, 0.15) is 92.9 Å². The number of nitriles is 4. The molecular formula is C26H40N8O4. The first-order valence-corrected chi connectivity index (χ1v) is 12.4. The first kappa shape index (κ1) is 36.3. The summed E-state index contributed by atoms with van der Waals surface area (Å²) in [7, 11) is 0. The lowest BCUT2D eigenvalue weighted by Crippen LogP contribution is -2.25. The van der Waals surface area contributed by atoms with E-state index >= 15 is 0 Å². The van der Waals surface area contributed by atoms with Crippen LogP contribution in [0, 0.1) is 56.2 Å². The van der Waals surface area contributed by atoms with Crippen molar-refractivity contribution in [2.75, 3.05) is 13.1 Å². The van der Waals surface area contributed by atoms with Gasteiger partial charge in [-0.1, -0.05) is 0 Å². The number of carboxylic acid groups (broad SMARTS) is 2. The summed E-state index contributed by atoms with van der Waals surface area (Å²) in [6.07, 6.45) is 2.92. The Morgan fingerprint density at radius 3 is 1.16 bits per heavy atom. The monoisotopic (exact) mass is 528 g/mol. The average Bonchev–Trinajstić information content (AvgIpc) is 2.87. The molecule has 12 nitrogen and oxygen atoms in total. The zero-order chi connectivity index (χ0) is 29.9. The number of hydrogen-bond donors (Lipinski definition) is 2. The van der Waals surface area contributed by atoms with Crippen molar-refractivity contribution in [3.63, 3.8) is 0 Å². The molecule has 0 bridgehead atoms. The summed E-state index contributed by atoms with van der Waals surface area (Å²) >= 11 is 0. The number of aliphatic carboxylic acids is 2. The van der Waals surface area contributed by atoms with Gasteiger partial charge in [-0.2, -0.15) is 41.5 Å². The molecule has 0 aliphatic carbocycles. The lowest BCUT2D eigenvalue weighted by molar-refractivity contribution is -0.138. The van der Waals surface area contributed by atoms with Crippen molar-refractivity contribution < 1.29 is 19.8 Å². The Bertz CT molecular complexity index is 917. The lowest BCUT2D eigenvalue weighted by Gasteiger charge is -2.18. The van der Waals surface area contributed by atoms with Crippen molar-refractivity contribution in [3.8, 4) is 24.3 Å². The van der Waals surface area contributed by atoms with Gasteiger partial charge in [0.15, 0.2) is 11.1 Å². The van der Waals surface area contributed by atoms with Gasteiger partial charge in [0.1, 0.15) is 0 Å². The van der Waals surface area contributed by atoms with Gasteiger partial charge in [0.05, 0.1) is 48.2 Å². The summed E-state index contributed by atoms with van der Waals surface area (Å²) in [6, 6.07) is 8.24. The van der Waals surface area contributed by atoms with Crippen molar-refractivity contribution in [3.05, 3.63) is 0 Å². The molecule has 0 amide bonds. The van der Waals surface area contributed by atoms with Crippen molar-refractivity contribution in [2.45, 2.75) is 104 Å². The van der Waals surface area contributed by atoms with Gasteiger partial charge in [0.2, 0.25) is 0 Å². The maximum absolute atomic E-state index is 10.5. The van der Waals surface area contributed by atoms with Crippen molar-refractivity contribution >= 4 is 11.9 Å². The Morgan fingerprint density at radius 1 is 0.605 bits per heavy atom. The van der Waals surface area contributed by atoms with Crippen LogP contribution >= 0.6 is 0 Å². The van der Waals surface area contributed by atoms with Gasteiger partial charge >= 0.3 is 11.9 Å². The molecule has 0 radical (unpaired) electrons. The van der Waals surface area contributed by atoms with Crippen molar-refractivity contribution in [1.82, 2.24) is 0 Å². The molecule has 0 saturated heterocycles. The van der Waals surface area contributed by atoms with Gasteiger partial charge in [-0.05, 0) is 80.1 Å². The first-order chi connectivity index (χ1) is 17.5. The van der Waals surface area contributed by atoms with E-state index in [1.165, 1.54) is 13.8 Å². The molecule has 0 aromatic heterocycles. The zero-order valence-corrected chi connectivity index (χ0v) is 23.4. The normalized spacial score (nSPS) is 14.6. The van der Waals surface area contributed by atoms with E-state index in [1.54, 1.807) is 0 Å². The van der Waals surface area contributed by atoms with Gasteiger partial charge in [-0.15, -0.1) is 0 Å². The maximum Gasteiger partial charge on any atom is 0.303 e. The molecule has 0 aliphatic rings. The summed E-state index contributed by atoms with van der Waals surface area (Å²) in [5.41, 5.74) is -3.21. The van der Waals surface area contributed by atoms with Crippen LogP contribution in [0.25, 0.3) is 0 Å². The second-order valence-corrected chi connectivity index (χ2v) is 10.7. The quantitative estimate of drug-likeness (QED) is 0.183. The highest BCUT2D eigenvalue weighted by Gasteiger charge is 2.29. The van der Waals surface area contributed by atoms with E-state index in [1.807, 2.05) is 39.8 Å². The van der Waals surface area contributed by atoms with Crippen LogP contribution in [0.2, 0.25) is 0 Å². The number of azo groups is 2. The Balaban J connectivity index is 0. The van der Waals surface area contributed by atoms with Crippen LogP contribution in [0.5, 0.6) is 0 Å². The summed E-state index contributed by atoms with van der Waals surface area (Å²) in [5.74, 6) is -2.12. The van der Waals surface area contributed by atoms with Crippen LogP contribution in [0.3, 0.4) is 0 Å². The van der Waals surface area contributed by atoms with Crippen LogP contribution in [0.4, 0.5) is 0 Å². The van der Waals surface area contributed by atoms with Gasteiger partial charge in [0.25, 0.3) is 0 Å². The van der Waals surface area contributed by atoms with Crippen LogP contribution in [-0.2, 0) is 9.59 Å². The molecule has 2 unspecified atom stereocenters. The number of nitrogens with zero attached hydrogens (tertiary/aromatic N) is 8. The molecule has 0 aliphatic heterocycles. The Hall–Kier alpha value is -3.90. The van der Waals surface area contributed by atoms with E-state index < -0.39 is 23.0 Å². The minimum atomic E-state index is -1.35. The summed E-state index contributed by atoms with van der Waals surface area (Å²) in [4.78, 5) is 21.0. The number of rotatable bonds is 16. The van der Waals surface area contributed by atoms with Gasteiger partial charge in [-0.3, -0.25) is 9.59 Å². The number of hydrogen-bond acceptors (Lipinski definition) is 10. The third-order valence-electron chi connectivity index (χ3n) is 5.45. The van der Waals surface area contributed by atoms with Crippen LogP contribution in [0.15, 0.2) is 20.5 Å². The Labute approximate surface area is 225 Å². The molecule has 0 aromatic rings. The molecule has 0 spiro atoms. The van der Waals surface area contributed by atoms with E-state index in [0.717, 1.165) is 25.7 Å². The fraction of sp³-hybridized carbons (Fsp3) is 0.769. The molecule has 38 heavy (non-hydrogen) atoms. The molecule has 0 aromatic carbocycles. The molecule has 12 heteroatoms. The maximum atomic E-state index is 10.5.